The van der Waals surface area contributed by atoms with E-state index in [0.29, 0.717) is 11.0 Å². The molecule has 2 aromatic rings. The molecule has 7 heteroatoms. The Morgan fingerprint density at radius 1 is 1.60 bits per heavy atom. The zero-order valence-electron chi connectivity index (χ0n) is 7.33. The van der Waals surface area contributed by atoms with Gasteiger partial charge in [-0.1, -0.05) is 11.6 Å². The Labute approximate surface area is 89.9 Å². The summed E-state index contributed by atoms with van der Waals surface area (Å²) in [5.41, 5.74) is 0.624. The number of fused-ring (bicyclic) bond motifs is 1. The molecule has 0 saturated heterocycles. The highest BCUT2D eigenvalue weighted by molar-refractivity contribution is 7.94. The van der Waals surface area contributed by atoms with E-state index < -0.39 is 15.6 Å². The third-order valence-electron chi connectivity index (χ3n) is 1.80. The fourth-order valence-corrected chi connectivity index (χ4v) is 1.80. The number of aromatic nitrogens is 2. The first-order valence-electron chi connectivity index (χ1n) is 3.82. The van der Waals surface area contributed by atoms with Crippen molar-refractivity contribution in [1.29, 1.82) is 0 Å². The van der Waals surface area contributed by atoms with Gasteiger partial charge in [-0.3, -0.25) is 0 Å². The van der Waals surface area contributed by atoms with Gasteiger partial charge in [0, 0.05) is 6.07 Å². The molecule has 0 aliphatic carbocycles. The van der Waals surface area contributed by atoms with E-state index in [9.17, 15) is 8.60 Å². The molecular formula is C8H6ClFN2O2S. The van der Waals surface area contributed by atoms with Gasteiger partial charge in [-0.25, -0.2) is 13.6 Å². The normalized spacial score (nSPS) is 15.4. The summed E-state index contributed by atoms with van der Waals surface area (Å²) >= 11 is 5.53. The third kappa shape index (κ3) is 1.83. The van der Waals surface area contributed by atoms with Crippen molar-refractivity contribution in [2.75, 3.05) is 0 Å². The minimum atomic E-state index is -3.42. The molecule has 1 unspecified atom stereocenters. The lowest BCUT2D eigenvalue weighted by atomic mass is 10.3. The summed E-state index contributed by atoms with van der Waals surface area (Å²) in [6.45, 7) is 0. The summed E-state index contributed by atoms with van der Waals surface area (Å²) in [6, 6.07) is 2.39. The van der Waals surface area contributed by atoms with Crippen molar-refractivity contribution in [2.45, 2.75) is 5.16 Å². The Bertz CT molecular complexity index is 596. The molecule has 1 atom stereocenters. The summed E-state index contributed by atoms with van der Waals surface area (Å²) in [6.07, 6.45) is 0. The number of hydrogen-bond donors (Lipinski definition) is 2. The molecule has 1 heterocycles. The van der Waals surface area contributed by atoms with Crippen LogP contribution in [0.1, 0.15) is 0 Å². The van der Waals surface area contributed by atoms with Crippen LogP contribution in [-0.4, -0.2) is 24.6 Å². The van der Waals surface area contributed by atoms with Gasteiger partial charge in [-0.15, -0.1) is 0 Å². The Balaban J connectivity index is 2.77. The highest BCUT2D eigenvalue weighted by atomic mass is 35.5. The summed E-state index contributed by atoms with van der Waals surface area (Å²) < 4.78 is 33.3. The molecule has 4 nitrogen and oxygen atoms in total. The number of halogens is 2. The van der Waals surface area contributed by atoms with Crippen molar-refractivity contribution in [3.05, 3.63) is 23.0 Å². The van der Waals surface area contributed by atoms with Crippen LogP contribution in [-0.2, 0) is 9.80 Å². The lowest BCUT2D eigenvalue weighted by Gasteiger charge is -1.92. The molecule has 0 radical (unpaired) electrons. The molecule has 0 bridgehead atoms. The van der Waals surface area contributed by atoms with Crippen LogP contribution in [0.5, 0.6) is 0 Å². The first-order chi connectivity index (χ1) is 6.88. The van der Waals surface area contributed by atoms with Crippen LogP contribution in [0.15, 0.2) is 17.3 Å². The predicted octanol–water partition coefficient (Wildman–Crippen LogP) is 1.90. The van der Waals surface area contributed by atoms with E-state index in [-0.39, 0.29) is 10.2 Å². The Morgan fingerprint density at radius 3 is 2.87 bits per heavy atom. The molecule has 0 aliphatic rings. The largest absolute Gasteiger partial charge is 0.329 e. The quantitative estimate of drug-likeness (QED) is 0.758. The minimum absolute atomic E-state index is 0.0888. The topological polar surface area (TPSA) is 66.0 Å². The maximum atomic E-state index is 13.0. The predicted molar refractivity (Wildman–Crippen MR) is 57.2 cm³/mol. The molecule has 0 saturated carbocycles. The van der Waals surface area contributed by atoms with Crippen LogP contribution in [0.2, 0.25) is 5.02 Å². The van der Waals surface area contributed by atoms with Gasteiger partial charge in [-0.2, -0.15) is 0 Å². The molecule has 80 valence electrons. The zero-order valence-corrected chi connectivity index (χ0v) is 8.90. The standard InChI is InChI=1S/C8H6ClFN2O2S/c1-15(13,14)8-11-6-2-4(9)5(10)3-7(6)12-8/h2-3H,1H2,(H,11,12)(H,13,14). The van der Waals surface area contributed by atoms with E-state index in [4.69, 9.17) is 16.2 Å². The highest BCUT2D eigenvalue weighted by Gasteiger charge is 2.11. The first kappa shape index (κ1) is 10.4. The van der Waals surface area contributed by atoms with Gasteiger partial charge in [0.1, 0.15) is 15.6 Å². The van der Waals surface area contributed by atoms with Crippen molar-refractivity contribution >= 4 is 38.3 Å². The molecule has 0 aliphatic heterocycles. The number of nitrogens with zero attached hydrogens (tertiary/aromatic N) is 1. The number of aromatic amines is 1. The van der Waals surface area contributed by atoms with E-state index in [2.05, 4.69) is 15.8 Å². The molecule has 0 spiro atoms. The van der Waals surface area contributed by atoms with Crippen molar-refractivity contribution in [1.82, 2.24) is 9.97 Å². The van der Waals surface area contributed by atoms with Gasteiger partial charge in [0.15, 0.2) is 0 Å². The number of nitrogens with one attached hydrogen (secondary N) is 1. The van der Waals surface area contributed by atoms with Crippen LogP contribution in [0, 0.1) is 5.82 Å². The van der Waals surface area contributed by atoms with Gasteiger partial charge in [0.25, 0.3) is 0 Å². The van der Waals surface area contributed by atoms with Gasteiger partial charge in [0.2, 0.25) is 5.16 Å². The Hall–Kier alpha value is -1.11. The van der Waals surface area contributed by atoms with Crippen LogP contribution >= 0.6 is 11.6 Å². The molecule has 2 N–H and O–H groups in total. The lowest BCUT2D eigenvalue weighted by Crippen LogP contribution is -1.99. The second kappa shape index (κ2) is 3.19. The summed E-state index contributed by atoms with van der Waals surface area (Å²) in [7, 11) is -3.42. The number of benzene rings is 1. The average Bonchev–Trinajstić information content (AvgIpc) is 2.47. The maximum Gasteiger partial charge on any atom is 0.214 e. The number of hydrogen-bond acceptors (Lipinski definition) is 2. The second-order valence-corrected chi connectivity index (χ2v) is 5.04. The van der Waals surface area contributed by atoms with Crippen molar-refractivity contribution in [3.8, 4) is 0 Å². The van der Waals surface area contributed by atoms with Crippen molar-refractivity contribution in [3.63, 3.8) is 0 Å². The summed E-state index contributed by atoms with van der Waals surface area (Å²) in [4.78, 5) is 6.30. The number of rotatable bonds is 1. The number of imidazole rings is 1. The molecule has 0 fully saturated rings. The maximum absolute atomic E-state index is 13.0. The zero-order chi connectivity index (χ0) is 11.2. The molecule has 1 aromatic heterocycles. The third-order valence-corrected chi connectivity index (χ3v) is 2.89. The smallest absolute Gasteiger partial charge is 0.214 e. The molecular weight excluding hydrogens is 243 g/mol. The van der Waals surface area contributed by atoms with Crippen LogP contribution in [0.4, 0.5) is 4.39 Å². The first-order valence-corrected chi connectivity index (χ1v) is 5.88. The summed E-state index contributed by atoms with van der Waals surface area (Å²) in [5, 5.41) is -0.284. The Kier molecular flexibility index (Phi) is 2.22. The summed E-state index contributed by atoms with van der Waals surface area (Å²) in [5.74, 6) is 2.43. The monoisotopic (exact) mass is 248 g/mol. The van der Waals surface area contributed by atoms with Crippen LogP contribution < -0.4 is 0 Å². The lowest BCUT2D eigenvalue weighted by molar-refractivity contribution is 0.553. The van der Waals surface area contributed by atoms with Crippen molar-refractivity contribution < 1.29 is 13.2 Å². The number of H-pyrrole nitrogens is 1. The van der Waals surface area contributed by atoms with Crippen LogP contribution in [0.3, 0.4) is 0 Å². The van der Waals surface area contributed by atoms with Gasteiger partial charge >= 0.3 is 0 Å². The fraction of sp³-hybridized carbons (Fsp3) is 0. The van der Waals surface area contributed by atoms with E-state index in [1.807, 2.05) is 0 Å². The van der Waals surface area contributed by atoms with E-state index in [0.717, 1.165) is 6.07 Å². The van der Waals surface area contributed by atoms with Gasteiger partial charge in [-0.05, 0) is 11.9 Å². The Morgan fingerprint density at radius 2 is 2.27 bits per heavy atom. The van der Waals surface area contributed by atoms with Gasteiger partial charge in [0.05, 0.1) is 16.1 Å². The molecule has 0 amide bonds. The molecule has 15 heavy (non-hydrogen) atoms. The van der Waals surface area contributed by atoms with E-state index in [1.165, 1.54) is 6.07 Å². The minimum Gasteiger partial charge on any atom is -0.329 e. The SMILES string of the molecule is C=S(=O)(O)c1nc2cc(Cl)c(F)cc2[nH]1. The highest BCUT2D eigenvalue weighted by Crippen LogP contribution is 2.22. The van der Waals surface area contributed by atoms with Gasteiger partial charge < -0.3 is 9.54 Å². The molecule has 2 rings (SSSR count). The fourth-order valence-electron chi connectivity index (χ4n) is 1.13. The molecule has 1 aromatic carbocycles. The van der Waals surface area contributed by atoms with Crippen LogP contribution in [0.25, 0.3) is 11.0 Å². The van der Waals surface area contributed by atoms with Crippen molar-refractivity contribution in [2.24, 2.45) is 0 Å². The average molecular weight is 249 g/mol. The van der Waals surface area contributed by atoms with E-state index >= 15 is 0 Å². The van der Waals surface area contributed by atoms with E-state index in [1.54, 1.807) is 0 Å². The second-order valence-electron chi connectivity index (χ2n) is 2.97.